The molecule has 1 atom stereocenters. The highest BCUT2D eigenvalue weighted by atomic mass is 35.5. The summed E-state index contributed by atoms with van der Waals surface area (Å²) < 4.78 is 7.66. The van der Waals surface area contributed by atoms with E-state index in [2.05, 4.69) is 20.7 Å². The molecule has 0 aliphatic carbocycles. The van der Waals surface area contributed by atoms with Gasteiger partial charge in [0, 0.05) is 16.4 Å². The van der Waals surface area contributed by atoms with Gasteiger partial charge in [-0.2, -0.15) is 10.1 Å². The third-order valence-electron chi connectivity index (χ3n) is 5.95. The van der Waals surface area contributed by atoms with Crippen molar-refractivity contribution in [3.05, 3.63) is 112 Å². The number of aromatic nitrogens is 3. The standard InChI is InChI=1S/C27H24ClN5O2/c1-17-5-3-4-6-23(17)32-26(34)24-18(2)31-27-29-16-30-33(27)25(24)20-9-13-22(14-10-20)35-15-19-7-11-21(28)12-8-19/h3-14,16,25H,15H2,1-2H3,(H,32,34)(H,29,30,31). The van der Waals surface area contributed by atoms with Gasteiger partial charge in [-0.25, -0.2) is 4.68 Å². The molecule has 0 spiro atoms. The Morgan fingerprint density at radius 2 is 1.80 bits per heavy atom. The normalized spacial score (nSPS) is 14.8. The maximum Gasteiger partial charge on any atom is 0.255 e. The van der Waals surface area contributed by atoms with Crippen molar-refractivity contribution in [2.45, 2.75) is 26.5 Å². The molecule has 1 unspecified atom stereocenters. The summed E-state index contributed by atoms with van der Waals surface area (Å²) in [6, 6.07) is 22.5. The molecule has 0 saturated heterocycles. The molecule has 5 rings (SSSR count). The first-order valence-electron chi connectivity index (χ1n) is 11.2. The number of hydrogen-bond donors (Lipinski definition) is 2. The van der Waals surface area contributed by atoms with Crippen LogP contribution in [-0.2, 0) is 11.4 Å². The van der Waals surface area contributed by atoms with Crippen LogP contribution in [-0.4, -0.2) is 20.7 Å². The van der Waals surface area contributed by atoms with Crippen molar-refractivity contribution in [3.8, 4) is 5.75 Å². The van der Waals surface area contributed by atoms with Gasteiger partial charge in [0.25, 0.3) is 5.91 Å². The fraction of sp³-hybridized carbons (Fsp3) is 0.148. The summed E-state index contributed by atoms with van der Waals surface area (Å²) in [5.41, 5.74) is 4.98. The molecule has 7 nitrogen and oxygen atoms in total. The highest BCUT2D eigenvalue weighted by Gasteiger charge is 2.33. The Hall–Kier alpha value is -4.10. The third kappa shape index (κ3) is 4.76. The van der Waals surface area contributed by atoms with Crippen molar-refractivity contribution in [1.29, 1.82) is 0 Å². The number of ether oxygens (including phenoxy) is 1. The van der Waals surface area contributed by atoms with Crippen LogP contribution in [0.5, 0.6) is 5.75 Å². The lowest BCUT2D eigenvalue weighted by Gasteiger charge is -2.29. The maximum absolute atomic E-state index is 13.5. The van der Waals surface area contributed by atoms with Crippen molar-refractivity contribution in [3.63, 3.8) is 0 Å². The summed E-state index contributed by atoms with van der Waals surface area (Å²) >= 11 is 5.96. The van der Waals surface area contributed by atoms with E-state index in [4.69, 9.17) is 16.3 Å². The average molecular weight is 486 g/mol. The van der Waals surface area contributed by atoms with E-state index in [9.17, 15) is 4.79 Å². The number of allylic oxidation sites excluding steroid dienone is 1. The van der Waals surface area contributed by atoms with E-state index < -0.39 is 6.04 Å². The fourth-order valence-electron chi connectivity index (χ4n) is 4.09. The lowest BCUT2D eigenvalue weighted by atomic mass is 9.95. The van der Waals surface area contributed by atoms with Gasteiger partial charge in [0.1, 0.15) is 24.7 Å². The van der Waals surface area contributed by atoms with Crippen LogP contribution in [0.1, 0.15) is 29.7 Å². The van der Waals surface area contributed by atoms with E-state index in [0.29, 0.717) is 23.2 Å². The third-order valence-corrected chi connectivity index (χ3v) is 6.20. The maximum atomic E-state index is 13.5. The SMILES string of the molecule is CC1=C(C(=O)Nc2ccccc2C)C(c2ccc(OCc3ccc(Cl)cc3)cc2)n2ncnc2N1. The Morgan fingerprint density at radius 3 is 2.54 bits per heavy atom. The van der Waals surface area contributed by atoms with Crippen molar-refractivity contribution in [2.75, 3.05) is 10.6 Å². The number of rotatable bonds is 6. The van der Waals surface area contributed by atoms with Gasteiger partial charge in [-0.3, -0.25) is 4.79 Å². The number of amides is 1. The van der Waals surface area contributed by atoms with E-state index in [-0.39, 0.29) is 5.91 Å². The zero-order valence-electron chi connectivity index (χ0n) is 19.3. The van der Waals surface area contributed by atoms with Gasteiger partial charge in [0.2, 0.25) is 5.95 Å². The predicted octanol–water partition coefficient (Wildman–Crippen LogP) is 5.75. The number of para-hydroxylation sites is 1. The summed E-state index contributed by atoms with van der Waals surface area (Å²) in [4.78, 5) is 17.8. The molecule has 2 heterocycles. The second-order valence-electron chi connectivity index (χ2n) is 8.35. The molecule has 4 aromatic rings. The molecule has 3 aromatic carbocycles. The van der Waals surface area contributed by atoms with E-state index >= 15 is 0 Å². The monoisotopic (exact) mass is 485 g/mol. The molecule has 0 bridgehead atoms. The van der Waals surface area contributed by atoms with Crippen molar-refractivity contribution in [2.24, 2.45) is 0 Å². The molecule has 1 amide bonds. The van der Waals surface area contributed by atoms with E-state index in [1.54, 1.807) is 4.68 Å². The first-order chi connectivity index (χ1) is 17.0. The lowest BCUT2D eigenvalue weighted by Crippen LogP contribution is -2.31. The highest BCUT2D eigenvalue weighted by Crippen LogP contribution is 2.36. The number of benzene rings is 3. The number of hydrogen-bond acceptors (Lipinski definition) is 5. The quantitative estimate of drug-likeness (QED) is 0.363. The van der Waals surface area contributed by atoms with Gasteiger partial charge >= 0.3 is 0 Å². The molecule has 8 heteroatoms. The minimum absolute atomic E-state index is 0.196. The topological polar surface area (TPSA) is 81.1 Å². The van der Waals surface area contributed by atoms with Crippen LogP contribution in [0.2, 0.25) is 5.02 Å². The molecular weight excluding hydrogens is 462 g/mol. The summed E-state index contributed by atoms with van der Waals surface area (Å²) in [7, 11) is 0. The molecule has 1 aliphatic rings. The summed E-state index contributed by atoms with van der Waals surface area (Å²) in [5.74, 6) is 1.12. The first kappa shape index (κ1) is 22.7. The molecule has 1 aliphatic heterocycles. The first-order valence-corrected chi connectivity index (χ1v) is 11.6. The molecule has 35 heavy (non-hydrogen) atoms. The Labute approximate surface area is 208 Å². The zero-order valence-corrected chi connectivity index (χ0v) is 20.1. The molecule has 0 saturated carbocycles. The van der Waals surface area contributed by atoms with Crippen LogP contribution in [0.15, 0.2) is 90.4 Å². The number of fused-ring (bicyclic) bond motifs is 1. The Balaban J connectivity index is 1.41. The van der Waals surface area contributed by atoms with Crippen LogP contribution in [0.4, 0.5) is 11.6 Å². The second kappa shape index (κ2) is 9.64. The summed E-state index contributed by atoms with van der Waals surface area (Å²) in [6.07, 6.45) is 1.48. The van der Waals surface area contributed by atoms with Gasteiger partial charge in [0.05, 0.1) is 5.57 Å². The number of nitrogens with zero attached hydrogens (tertiary/aromatic N) is 3. The molecule has 176 valence electrons. The number of halogens is 1. The summed E-state index contributed by atoms with van der Waals surface area (Å²) in [6.45, 7) is 4.27. The second-order valence-corrected chi connectivity index (χ2v) is 8.78. The van der Waals surface area contributed by atoms with Gasteiger partial charge in [-0.1, -0.05) is 54.1 Å². The minimum Gasteiger partial charge on any atom is -0.489 e. The van der Waals surface area contributed by atoms with E-state index in [0.717, 1.165) is 33.8 Å². The molecule has 0 radical (unpaired) electrons. The highest BCUT2D eigenvalue weighted by molar-refractivity contribution is 6.30. The van der Waals surface area contributed by atoms with Crippen LogP contribution >= 0.6 is 11.6 Å². The smallest absolute Gasteiger partial charge is 0.255 e. The molecule has 0 fully saturated rings. The van der Waals surface area contributed by atoms with Crippen molar-refractivity contribution < 1.29 is 9.53 Å². The Morgan fingerprint density at radius 1 is 1.06 bits per heavy atom. The number of carbonyl (C=O) groups is 1. The van der Waals surface area contributed by atoms with Crippen LogP contribution in [0.3, 0.4) is 0 Å². The van der Waals surface area contributed by atoms with Gasteiger partial charge in [-0.05, 0) is 60.9 Å². The Bertz CT molecular complexity index is 1390. The predicted molar refractivity (Wildman–Crippen MR) is 137 cm³/mol. The van der Waals surface area contributed by atoms with Gasteiger partial charge in [-0.15, -0.1) is 0 Å². The molecular formula is C27H24ClN5O2. The van der Waals surface area contributed by atoms with E-state index in [1.165, 1.54) is 6.33 Å². The summed E-state index contributed by atoms with van der Waals surface area (Å²) in [5, 5.41) is 11.3. The largest absolute Gasteiger partial charge is 0.489 e. The van der Waals surface area contributed by atoms with Crippen molar-refractivity contribution >= 4 is 29.1 Å². The van der Waals surface area contributed by atoms with E-state index in [1.807, 2.05) is 86.6 Å². The van der Waals surface area contributed by atoms with Gasteiger partial charge < -0.3 is 15.4 Å². The minimum atomic E-state index is -0.442. The molecule has 2 N–H and O–H groups in total. The lowest BCUT2D eigenvalue weighted by molar-refractivity contribution is -0.113. The fourth-order valence-corrected chi connectivity index (χ4v) is 4.22. The number of anilines is 2. The van der Waals surface area contributed by atoms with Gasteiger partial charge in [0.15, 0.2) is 0 Å². The Kier molecular flexibility index (Phi) is 6.25. The average Bonchev–Trinajstić information content (AvgIpc) is 3.32. The van der Waals surface area contributed by atoms with Crippen LogP contribution < -0.4 is 15.4 Å². The molecule has 1 aromatic heterocycles. The van der Waals surface area contributed by atoms with Crippen LogP contribution in [0.25, 0.3) is 0 Å². The van der Waals surface area contributed by atoms with Crippen LogP contribution in [0, 0.1) is 6.92 Å². The number of carbonyl (C=O) groups excluding carboxylic acids is 1. The van der Waals surface area contributed by atoms with Crippen molar-refractivity contribution in [1.82, 2.24) is 14.8 Å². The zero-order chi connectivity index (χ0) is 24.4. The number of aryl methyl sites for hydroxylation is 1. The number of nitrogens with one attached hydrogen (secondary N) is 2.